The molecule has 0 aliphatic carbocycles. The highest BCUT2D eigenvalue weighted by atomic mass is 16.7. The average Bonchev–Trinajstić information content (AvgIpc) is 2.02. The van der Waals surface area contributed by atoms with Crippen molar-refractivity contribution in [2.24, 2.45) is 5.92 Å². The number of hydrogen-bond donors (Lipinski definition) is 0. The molecule has 3 nitrogen and oxygen atoms in total. The minimum Gasteiger partial charge on any atom is -0.431 e. The molecule has 0 aromatic rings. The molecule has 0 fully saturated rings. The Kier molecular flexibility index (Phi) is 4.95. The van der Waals surface area contributed by atoms with E-state index in [1.807, 2.05) is 41.5 Å². The monoisotopic (exact) mass is 202 g/mol. The fraction of sp³-hybridized carbons (Fsp3) is 0.909. The SMILES string of the molecule is CCC(C)(C)OC(=O)OC(C)C(C)C. The molecule has 0 spiro atoms. The van der Waals surface area contributed by atoms with E-state index in [1.165, 1.54) is 0 Å². The summed E-state index contributed by atoms with van der Waals surface area (Å²) in [5.74, 6) is 0.312. The molecular weight excluding hydrogens is 180 g/mol. The summed E-state index contributed by atoms with van der Waals surface area (Å²) in [6.45, 7) is 11.6. The Labute approximate surface area is 86.8 Å². The van der Waals surface area contributed by atoms with E-state index in [9.17, 15) is 4.79 Å². The first-order valence-electron chi connectivity index (χ1n) is 5.18. The zero-order chi connectivity index (χ0) is 11.4. The topological polar surface area (TPSA) is 35.5 Å². The molecule has 0 radical (unpaired) electrons. The van der Waals surface area contributed by atoms with Gasteiger partial charge >= 0.3 is 6.16 Å². The Morgan fingerprint density at radius 3 is 2.14 bits per heavy atom. The first-order valence-corrected chi connectivity index (χ1v) is 5.18. The van der Waals surface area contributed by atoms with Crippen molar-refractivity contribution in [1.29, 1.82) is 0 Å². The van der Waals surface area contributed by atoms with Gasteiger partial charge in [0.1, 0.15) is 11.7 Å². The van der Waals surface area contributed by atoms with E-state index in [0.29, 0.717) is 5.92 Å². The molecule has 0 rings (SSSR count). The Morgan fingerprint density at radius 2 is 1.79 bits per heavy atom. The van der Waals surface area contributed by atoms with Crippen LogP contribution >= 0.6 is 0 Å². The third kappa shape index (κ3) is 5.10. The molecule has 0 saturated carbocycles. The molecule has 0 heterocycles. The van der Waals surface area contributed by atoms with Crippen LogP contribution in [0.5, 0.6) is 0 Å². The molecule has 0 aromatic carbocycles. The van der Waals surface area contributed by atoms with Gasteiger partial charge in [0, 0.05) is 0 Å². The summed E-state index contributed by atoms with van der Waals surface area (Å²) in [4.78, 5) is 11.3. The number of rotatable bonds is 4. The Hall–Kier alpha value is -0.730. The molecule has 0 N–H and O–H groups in total. The van der Waals surface area contributed by atoms with Crippen molar-refractivity contribution >= 4 is 6.16 Å². The summed E-state index contributed by atoms with van der Waals surface area (Å²) < 4.78 is 10.2. The lowest BCUT2D eigenvalue weighted by Crippen LogP contribution is -2.30. The number of hydrogen-bond acceptors (Lipinski definition) is 3. The summed E-state index contributed by atoms with van der Waals surface area (Å²) in [5.41, 5.74) is -0.437. The highest BCUT2D eigenvalue weighted by Crippen LogP contribution is 2.16. The molecule has 0 aliphatic rings. The van der Waals surface area contributed by atoms with Gasteiger partial charge in [-0.3, -0.25) is 0 Å². The first-order chi connectivity index (χ1) is 6.28. The lowest BCUT2D eigenvalue weighted by atomic mass is 10.1. The van der Waals surface area contributed by atoms with Gasteiger partial charge in [-0.25, -0.2) is 4.79 Å². The predicted octanol–water partition coefficient (Wildman–Crippen LogP) is 3.37. The summed E-state index contributed by atoms with van der Waals surface area (Å²) in [5, 5.41) is 0. The molecule has 0 saturated heterocycles. The van der Waals surface area contributed by atoms with Gasteiger partial charge in [-0.05, 0) is 33.1 Å². The summed E-state index contributed by atoms with van der Waals surface area (Å²) in [7, 11) is 0. The minimum atomic E-state index is -0.571. The van der Waals surface area contributed by atoms with Crippen LogP contribution in [0.15, 0.2) is 0 Å². The van der Waals surface area contributed by atoms with Crippen molar-refractivity contribution < 1.29 is 14.3 Å². The largest absolute Gasteiger partial charge is 0.509 e. The smallest absolute Gasteiger partial charge is 0.431 e. The fourth-order valence-electron chi connectivity index (χ4n) is 0.610. The molecule has 0 bridgehead atoms. The maximum Gasteiger partial charge on any atom is 0.509 e. The Morgan fingerprint density at radius 1 is 1.29 bits per heavy atom. The average molecular weight is 202 g/mol. The van der Waals surface area contributed by atoms with Crippen LogP contribution in [0.2, 0.25) is 0 Å². The van der Waals surface area contributed by atoms with E-state index in [4.69, 9.17) is 9.47 Å². The summed E-state index contributed by atoms with van der Waals surface area (Å²) in [6, 6.07) is 0. The van der Waals surface area contributed by atoms with Gasteiger partial charge < -0.3 is 9.47 Å². The Bertz CT molecular complexity index is 185. The van der Waals surface area contributed by atoms with Crippen molar-refractivity contribution in [2.75, 3.05) is 0 Å². The zero-order valence-corrected chi connectivity index (χ0v) is 10.1. The summed E-state index contributed by atoms with van der Waals surface area (Å²) in [6.07, 6.45) is 0.103. The summed E-state index contributed by atoms with van der Waals surface area (Å²) >= 11 is 0. The maximum absolute atomic E-state index is 11.3. The highest BCUT2D eigenvalue weighted by molar-refractivity contribution is 5.60. The molecule has 84 valence electrons. The van der Waals surface area contributed by atoms with Gasteiger partial charge in [-0.2, -0.15) is 0 Å². The van der Waals surface area contributed by atoms with E-state index in [0.717, 1.165) is 6.42 Å². The molecule has 0 aromatic heterocycles. The van der Waals surface area contributed by atoms with Crippen molar-refractivity contribution in [3.8, 4) is 0 Å². The second kappa shape index (κ2) is 5.23. The third-order valence-electron chi connectivity index (χ3n) is 2.43. The van der Waals surface area contributed by atoms with Crippen LogP contribution in [-0.4, -0.2) is 17.9 Å². The van der Waals surface area contributed by atoms with Crippen LogP contribution in [0, 0.1) is 5.92 Å². The van der Waals surface area contributed by atoms with E-state index in [2.05, 4.69) is 0 Å². The van der Waals surface area contributed by atoms with E-state index in [-0.39, 0.29) is 6.10 Å². The third-order valence-corrected chi connectivity index (χ3v) is 2.43. The van der Waals surface area contributed by atoms with Crippen LogP contribution in [-0.2, 0) is 9.47 Å². The van der Waals surface area contributed by atoms with E-state index < -0.39 is 11.8 Å². The van der Waals surface area contributed by atoms with Gasteiger partial charge in [0.05, 0.1) is 0 Å². The lowest BCUT2D eigenvalue weighted by molar-refractivity contribution is -0.0401. The van der Waals surface area contributed by atoms with Crippen molar-refractivity contribution in [3.63, 3.8) is 0 Å². The lowest BCUT2D eigenvalue weighted by Gasteiger charge is -2.24. The molecule has 0 aliphatic heterocycles. The second-order valence-electron chi connectivity index (χ2n) is 4.53. The minimum absolute atomic E-state index is 0.102. The van der Waals surface area contributed by atoms with Crippen LogP contribution in [0.3, 0.4) is 0 Å². The highest BCUT2D eigenvalue weighted by Gasteiger charge is 2.23. The van der Waals surface area contributed by atoms with Gasteiger partial charge in [0.15, 0.2) is 0 Å². The van der Waals surface area contributed by atoms with Crippen LogP contribution < -0.4 is 0 Å². The van der Waals surface area contributed by atoms with Crippen LogP contribution in [0.25, 0.3) is 0 Å². The maximum atomic E-state index is 11.3. The number of carbonyl (C=O) groups excluding carboxylic acids is 1. The fourth-order valence-corrected chi connectivity index (χ4v) is 0.610. The molecule has 1 unspecified atom stereocenters. The second-order valence-corrected chi connectivity index (χ2v) is 4.53. The van der Waals surface area contributed by atoms with Gasteiger partial charge in [-0.15, -0.1) is 0 Å². The van der Waals surface area contributed by atoms with Crippen molar-refractivity contribution in [3.05, 3.63) is 0 Å². The van der Waals surface area contributed by atoms with Crippen molar-refractivity contribution in [2.45, 2.75) is 59.7 Å². The van der Waals surface area contributed by atoms with E-state index in [1.54, 1.807) is 0 Å². The normalized spacial score (nSPS) is 13.9. The van der Waals surface area contributed by atoms with Gasteiger partial charge in [-0.1, -0.05) is 20.8 Å². The predicted molar refractivity (Wildman–Crippen MR) is 56.2 cm³/mol. The standard InChI is InChI=1S/C11H22O3/c1-7-11(5,6)14-10(12)13-9(4)8(2)3/h8-9H,7H2,1-6H3. The quantitative estimate of drug-likeness (QED) is 0.656. The number of ether oxygens (including phenoxy) is 2. The van der Waals surface area contributed by atoms with Crippen LogP contribution in [0.1, 0.15) is 48.0 Å². The van der Waals surface area contributed by atoms with Crippen LogP contribution in [0.4, 0.5) is 4.79 Å². The van der Waals surface area contributed by atoms with Crippen molar-refractivity contribution in [1.82, 2.24) is 0 Å². The number of carbonyl (C=O) groups is 1. The zero-order valence-electron chi connectivity index (χ0n) is 10.1. The molecular formula is C11H22O3. The molecule has 3 heteroatoms. The molecule has 14 heavy (non-hydrogen) atoms. The Balaban J connectivity index is 3.99. The first kappa shape index (κ1) is 13.3. The van der Waals surface area contributed by atoms with Gasteiger partial charge in [0.25, 0.3) is 0 Å². The van der Waals surface area contributed by atoms with Gasteiger partial charge in [0.2, 0.25) is 0 Å². The van der Waals surface area contributed by atoms with E-state index >= 15 is 0 Å². The molecule has 1 atom stereocenters. The molecule has 0 amide bonds.